The van der Waals surface area contributed by atoms with Crippen LogP contribution in [0.25, 0.3) is 10.9 Å². The highest BCUT2D eigenvalue weighted by atomic mass is 16.5. The van der Waals surface area contributed by atoms with E-state index in [4.69, 9.17) is 18.9 Å². The second kappa shape index (κ2) is 10.7. The minimum atomic E-state index is -0.407. The number of nitrogens with one attached hydrogen (secondary N) is 1. The standard InChI is InChI=1S/C26H28N6O5/c1-4-5-12-36-22-15-32(16-6-7-16)31-25(22)26(33)28-23-8-9-24(30-29-23)37-19-10-11-27-18-14-21(35-3)20(34-2)13-17(18)19/h8-11,13-16H,4-7,12H2,1-3H3,(H,28,29,33). The number of hydrogen-bond donors (Lipinski definition) is 1. The number of carbonyl (C=O) groups excluding carboxylic acids is 1. The van der Waals surface area contributed by atoms with Gasteiger partial charge < -0.3 is 24.3 Å². The molecule has 4 aromatic rings. The molecule has 0 aliphatic heterocycles. The first-order valence-electron chi connectivity index (χ1n) is 12.1. The van der Waals surface area contributed by atoms with Gasteiger partial charge in [0, 0.05) is 23.7 Å². The Morgan fingerprint density at radius 1 is 1.05 bits per heavy atom. The number of amides is 1. The number of pyridine rings is 1. The smallest absolute Gasteiger partial charge is 0.281 e. The Hall–Kier alpha value is -4.41. The summed E-state index contributed by atoms with van der Waals surface area (Å²) in [6.45, 7) is 2.61. The summed E-state index contributed by atoms with van der Waals surface area (Å²) in [5.41, 5.74) is 0.910. The Balaban J connectivity index is 1.31. The van der Waals surface area contributed by atoms with Crippen molar-refractivity contribution in [1.82, 2.24) is 25.0 Å². The summed E-state index contributed by atoms with van der Waals surface area (Å²) in [5, 5.41) is 16.1. The van der Waals surface area contributed by atoms with Gasteiger partial charge in [0.2, 0.25) is 5.88 Å². The molecule has 1 amide bonds. The molecular formula is C26H28N6O5. The zero-order chi connectivity index (χ0) is 25.8. The van der Waals surface area contributed by atoms with E-state index in [9.17, 15) is 4.79 Å². The van der Waals surface area contributed by atoms with Crippen molar-refractivity contribution >= 4 is 22.6 Å². The lowest BCUT2D eigenvalue weighted by molar-refractivity contribution is 0.101. The molecule has 0 bridgehead atoms. The van der Waals surface area contributed by atoms with Gasteiger partial charge in [-0.05, 0) is 37.5 Å². The average molecular weight is 505 g/mol. The van der Waals surface area contributed by atoms with E-state index in [2.05, 4.69) is 32.5 Å². The highest BCUT2D eigenvalue weighted by molar-refractivity contribution is 6.04. The van der Waals surface area contributed by atoms with Crippen LogP contribution < -0.4 is 24.3 Å². The number of ether oxygens (including phenoxy) is 4. The summed E-state index contributed by atoms with van der Waals surface area (Å²) in [5.74, 6) is 2.24. The van der Waals surface area contributed by atoms with E-state index >= 15 is 0 Å². The Kier molecular flexibility index (Phi) is 7.02. The van der Waals surface area contributed by atoms with Gasteiger partial charge in [0.15, 0.2) is 28.8 Å². The van der Waals surface area contributed by atoms with Crippen LogP contribution in [0.2, 0.25) is 0 Å². The van der Waals surface area contributed by atoms with Gasteiger partial charge in [0.05, 0.1) is 38.6 Å². The van der Waals surface area contributed by atoms with Gasteiger partial charge in [-0.2, -0.15) is 5.10 Å². The zero-order valence-electron chi connectivity index (χ0n) is 20.9. The van der Waals surface area contributed by atoms with Crippen LogP contribution in [-0.2, 0) is 0 Å². The summed E-state index contributed by atoms with van der Waals surface area (Å²) < 4.78 is 24.3. The predicted octanol–water partition coefficient (Wildman–Crippen LogP) is 4.80. The maximum absolute atomic E-state index is 13.0. The monoisotopic (exact) mass is 504 g/mol. The van der Waals surface area contributed by atoms with E-state index in [1.807, 2.05) is 4.68 Å². The SMILES string of the molecule is CCCCOc1cn(C2CC2)nc1C(=O)Nc1ccc(Oc2ccnc3cc(OC)c(OC)cc23)nn1. The first kappa shape index (κ1) is 24.3. The molecule has 11 heteroatoms. The average Bonchev–Trinajstić information content (AvgIpc) is 3.68. The van der Waals surface area contributed by atoms with E-state index in [1.54, 1.807) is 56.9 Å². The maximum Gasteiger partial charge on any atom is 0.281 e. The number of carbonyl (C=O) groups is 1. The first-order valence-corrected chi connectivity index (χ1v) is 12.1. The summed E-state index contributed by atoms with van der Waals surface area (Å²) in [6, 6.07) is 8.86. The number of fused-ring (bicyclic) bond motifs is 1. The molecule has 5 rings (SSSR count). The zero-order valence-corrected chi connectivity index (χ0v) is 20.9. The normalized spacial score (nSPS) is 12.8. The Labute approximate surface area is 213 Å². The van der Waals surface area contributed by atoms with E-state index in [-0.39, 0.29) is 17.4 Å². The predicted molar refractivity (Wildman–Crippen MR) is 136 cm³/mol. The van der Waals surface area contributed by atoms with Crippen LogP contribution in [0.1, 0.15) is 49.1 Å². The molecule has 1 fully saturated rings. The van der Waals surface area contributed by atoms with Crippen LogP contribution in [0.3, 0.4) is 0 Å². The topological polar surface area (TPSA) is 123 Å². The molecule has 3 aromatic heterocycles. The molecule has 1 saturated carbocycles. The number of methoxy groups -OCH3 is 2. The van der Waals surface area contributed by atoms with Gasteiger partial charge in [-0.3, -0.25) is 14.5 Å². The fourth-order valence-electron chi connectivity index (χ4n) is 3.76. The number of unbranched alkanes of at least 4 members (excludes halogenated alkanes) is 1. The second-order valence-corrected chi connectivity index (χ2v) is 8.60. The highest BCUT2D eigenvalue weighted by Gasteiger charge is 2.28. The molecule has 1 N–H and O–H groups in total. The number of hydrogen-bond acceptors (Lipinski definition) is 9. The van der Waals surface area contributed by atoms with E-state index in [1.165, 1.54) is 0 Å². The molecular weight excluding hydrogens is 476 g/mol. The lowest BCUT2D eigenvalue weighted by Crippen LogP contribution is -2.16. The number of benzene rings is 1. The van der Waals surface area contributed by atoms with Crippen LogP contribution >= 0.6 is 0 Å². The van der Waals surface area contributed by atoms with Crippen molar-refractivity contribution in [2.75, 3.05) is 26.1 Å². The number of anilines is 1. The molecule has 0 saturated heterocycles. The van der Waals surface area contributed by atoms with Gasteiger partial charge in [0.25, 0.3) is 5.91 Å². The minimum absolute atomic E-state index is 0.234. The molecule has 192 valence electrons. The second-order valence-electron chi connectivity index (χ2n) is 8.60. The quantitative estimate of drug-likeness (QED) is 0.287. The van der Waals surface area contributed by atoms with Gasteiger partial charge in [-0.25, -0.2) is 0 Å². The third-order valence-electron chi connectivity index (χ3n) is 5.89. The largest absolute Gasteiger partial charge is 0.493 e. The Bertz CT molecular complexity index is 1400. The number of aromatic nitrogens is 5. The molecule has 1 aliphatic carbocycles. The Morgan fingerprint density at radius 2 is 1.86 bits per heavy atom. The van der Waals surface area contributed by atoms with E-state index in [0.717, 1.165) is 31.1 Å². The van der Waals surface area contributed by atoms with Crippen LogP contribution in [0, 0.1) is 0 Å². The number of nitrogens with zero attached hydrogens (tertiary/aromatic N) is 5. The van der Waals surface area contributed by atoms with Gasteiger partial charge >= 0.3 is 0 Å². The Morgan fingerprint density at radius 3 is 2.57 bits per heavy atom. The van der Waals surface area contributed by atoms with Gasteiger partial charge in [0.1, 0.15) is 5.75 Å². The first-order chi connectivity index (χ1) is 18.1. The summed E-state index contributed by atoms with van der Waals surface area (Å²) in [7, 11) is 3.13. The molecule has 0 radical (unpaired) electrons. The van der Waals surface area contributed by atoms with E-state index < -0.39 is 5.91 Å². The lowest BCUT2D eigenvalue weighted by Gasteiger charge is -2.12. The van der Waals surface area contributed by atoms with Crippen molar-refractivity contribution in [2.24, 2.45) is 0 Å². The molecule has 37 heavy (non-hydrogen) atoms. The molecule has 1 aromatic carbocycles. The van der Waals surface area contributed by atoms with Crippen molar-refractivity contribution in [3.63, 3.8) is 0 Å². The third kappa shape index (κ3) is 5.40. The maximum atomic E-state index is 13.0. The van der Waals surface area contributed by atoms with Crippen LogP contribution in [-0.4, -0.2) is 51.7 Å². The van der Waals surface area contributed by atoms with Crippen LogP contribution in [0.15, 0.2) is 42.7 Å². The summed E-state index contributed by atoms with van der Waals surface area (Å²) >= 11 is 0. The molecule has 11 nitrogen and oxygen atoms in total. The molecule has 0 spiro atoms. The molecule has 0 unspecified atom stereocenters. The van der Waals surface area contributed by atoms with Crippen molar-refractivity contribution in [2.45, 2.75) is 38.6 Å². The fourth-order valence-corrected chi connectivity index (χ4v) is 3.76. The van der Waals surface area contributed by atoms with Crippen molar-refractivity contribution in [3.05, 3.63) is 48.4 Å². The van der Waals surface area contributed by atoms with E-state index in [0.29, 0.717) is 41.2 Å². The third-order valence-corrected chi connectivity index (χ3v) is 5.89. The molecule has 1 aliphatic rings. The number of rotatable bonds is 11. The van der Waals surface area contributed by atoms with Gasteiger partial charge in [-0.15, -0.1) is 10.2 Å². The minimum Gasteiger partial charge on any atom is -0.493 e. The molecule has 0 atom stereocenters. The van der Waals surface area contributed by atoms with Crippen molar-refractivity contribution in [3.8, 4) is 28.9 Å². The fraction of sp³-hybridized carbons (Fsp3) is 0.346. The molecule has 3 heterocycles. The van der Waals surface area contributed by atoms with Crippen LogP contribution in [0.5, 0.6) is 28.9 Å². The van der Waals surface area contributed by atoms with Crippen molar-refractivity contribution < 1.29 is 23.7 Å². The lowest BCUT2D eigenvalue weighted by atomic mass is 10.2. The van der Waals surface area contributed by atoms with Crippen LogP contribution in [0.4, 0.5) is 5.82 Å². The van der Waals surface area contributed by atoms with Crippen molar-refractivity contribution in [1.29, 1.82) is 0 Å². The summed E-state index contributed by atoms with van der Waals surface area (Å²) in [4.78, 5) is 17.3. The summed E-state index contributed by atoms with van der Waals surface area (Å²) in [6.07, 6.45) is 7.43. The van der Waals surface area contributed by atoms with Gasteiger partial charge in [-0.1, -0.05) is 13.3 Å². The highest BCUT2D eigenvalue weighted by Crippen LogP contribution is 2.37.